The van der Waals surface area contributed by atoms with Gasteiger partial charge in [0.25, 0.3) is 5.70 Å². The summed E-state index contributed by atoms with van der Waals surface area (Å²) in [7, 11) is 1.63. The molecular weight excluding hydrogens is 316 g/mol. The highest BCUT2D eigenvalue weighted by Crippen LogP contribution is 2.35. The van der Waals surface area contributed by atoms with Gasteiger partial charge in [0.05, 0.1) is 19.4 Å². The second kappa shape index (κ2) is 7.19. The number of hydrogen-bond donors (Lipinski definition) is 0. The third kappa shape index (κ3) is 3.52. The van der Waals surface area contributed by atoms with Gasteiger partial charge in [-0.05, 0) is 24.5 Å². The van der Waals surface area contributed by atoms with Crippen molar-refractivity contribution >= 4 is 22.8 Å². The largest absolute Gasteiger partial charge is 0.507 e. The Morgan fingerprint density at radius 2 is 2.04 bits per heavy atom. The third-order valence-corrected chi connectivity index (χ3v) is 4.82. The van der Waals surface area contributed by atoms with Crippen LogP contribution in [-0.4, -0.2) is 12.1 Å². The summed E-state index contributed by atoms with van der Waals surface area (Å²) >= 11 is 1.50. The maximum absolute atomic E-state index is 7.70. The molecule has 24 heavy (non-hydrogen) atoms. The number of aryl methyl sites for hydroxylation is 2. The van der Waals surface area contributed by atoms with Gasteiger partial charge in [0, 0.05) is 16.4 Å². The lowest BCUT2D eigenvalue weighted by molar-refractivity contribution is 0.371. The average Bonchev–Trinajstić information content (AvgIpc) is 3.02. The van der Waals surface area contributed by atoms with E-state index in [1.54, 1.807) is 7.11 Å². The van der Waals surface area contributed by atoms with Gasteiger partial charge in [0.2, 0.25) is 0 Å². The highest BCUT2D eigenvalue weighted by atomic mass is 32.1. The first-order chi connectivity index (χ1) is 11.3. The van der Waals surface area contributed by atoms with Crippen LogP contribution in [0.4, 0.5) is 0 Å². The van der Waals surface area contributed by atoms with Crippen LogP contribution < -0.4 is 0 Å². The second-order valence-electron chi connectivity index (χ2n) is 6.74. The van der Waals surface area contributed by atoms with Crippen molar-refractivity contribution in [3.63, 3.8) is 0 Å². The van der Waals surface area contributed by atoms with Crippen molar-refractivity contribution in [1.29, 1.82) is 0 Å². The van der Waals surface area contributed by atoms with Gasteiger partial charge < -0.3 is 4.74 Å². The van der Waals surface area contributed by atoms with Crippen molar-refractivity contribution in [2.24, 2.45) is 0 Å². The fraction of sp³-hybridized carbons (Fsp3) is 0.400. The van der Waals surface area contributed by atoms with Crippen molar-refractivity contribution in [3.05, 3.63) is 62.4 Å². The minimum absolute atomic E-state index is 0.0354. The molecule has 2 aromatic rings. The molecule has 0 aliphatic heterocycles. The zero-order chi connectivity index (χ0) is 17.9. The number of benzene rings is 1. The van der Waals surface area contributed by atoms with Gasteiger partial charge in [-0.1, -0.05) is 45.9 Å². The van der Waals surface area contributed by atoms with Crippen molar-refractivity contribution in [2.45, 2.75) is 46.5 Å². The monoisotopic (exact) mass is 340 g/mol. The summed E-state index contributed by atoms with van der Waals surface area (Å²) in [4.78, 5) is 8.47. The Kier molecular flexibility index (Phi) is 5.46. The molecule has 0 fully saturated rings. The zero-order valence-corrected chi connectivity index (χ0v) is 16.0. The number of ether oxygens (including phenoxy) is 1. The van der Waals surface area contributed by atoms with Crippen molar-refractivity contribution in [2.75, 3.05) is 7.11 Å². The molecular formula is C20H24N2OS. The minimum atomic E-state index is -0.0354. The molecule has 0 saturated heterocycles. The number of nitrogens with zero attached hydrogens (tertiary/aromatic N) is 2. The second-order valence-corrected chi connectivity index (χ2v) is 7.60. The fourth-order valence-electron chi connectivity index (χ4n) is 2.59. The highest BCUT2D eigenvalue weighted by molar-refractivity contribution is 7.11. The van der Waals surface area contributed by atoms with Crippen LogP contribution in [0.25, 0.3) is 16.3 Å². The van der Waals surface area contributed by atoms with E-state index >= 15 is 0 Å². The van der Waals surface area contributed by atoms with Gasteiger partial charge >= 0.3 is 0 Å². The van der Waals surface area contributed by atoms with Crippen LogP contribution in [0, 0.1) is 13.5 Å². The molecule has 3 nitrogen and oxygen atoms in total. The van der Waals surface area contributed by atoms with Crippen LogP contribution in [-0.2, 0) is 16.6 Å². The lowest BCUT2D eigenvalue weighted by atomic mass is 9.93. The first kappa shape index (κ1) is 18.2. The average molecular weight is 340 g/mol. The van der Waals surface area contributed by atoms with Gasteiger partial charge in [0.1, 0.15) is 10.8 Å². The molecule has 0 atom stereocenters. The number of methoxy groups -OCH3 is 1. The lowest BCUT2D eigenvalue weighted by Gasteiger charge is -2.16. The van der Waals surface area contributed by atoms with Crippen molar-refractivity contribution < 1.29 is 4.74 Å². The third-order valence-electron chi connectivity index (χ3n) is 3.97. The molecule has 0 radical (unpaired) electrons. The maximum Gasteiger partial charge on any atom is 0.263 e. The summed E-state index contributed by atoms with van der Waals surface area (Å²) in [6.45, 7) is 18.2. The van der Waals surface area contributed by atoms with E-state index in [9.17, 15) is 0 Å². The Hall–Kier alpha value is -2.12. The van der Waals surface area contributed by atoms with Crippen LogP contribution in [0.1, 0.15) is 55.1 Å². The fourth-order valence-corrected chi connectivity index (χ4v) is 3.62. The molecule has 4 heteroatoms. The summed E-state index contributed by atoms with van der Waals surface area (Å²) in [5, 5.41) is 2.75. The molecule has 0 amide bonds. The topological polar surface area (TPSA) is 26.5 Å². The molecule has 1 heterocycles. The number of aromatic nitrogens is 1. The summed E-state index contributed by atoms with van der Waals surface area (Å²) in [6.07, 6.45) is 0.889. The van der Waals surface area contributed by atoms with E-state index in [0.29, 0.717) is 11.5 Å². The van der Waals surface area contributed by atoms with Gasteiger partial charge in [-0.15, -0.1) is 11.3 Å². The molecule has 0 unspecified atom stereocenters. The molecule has 0 aliphatic rings. The quantitative estimate of drug-likeness (QED) is 0.527. The minimum Gasteiger partial charge on any atom is -0.507 e. The molecule has 0 aliphatic carbocycles. The number of thiazole rings is 1. The van der Waals surface area contributed by atoms with E-state index in [4.69, 9.17) is 16.3 Å². The normalized spacial score (nSPS) is 12.5. The molecule has 0 N–H and O–H groups in total. The van der Waals surface area contributed by atoms with Crippen LogP contribution in [0.2, 0.25) is 0 Å². The zero-order valence-electron chi connectivity index (χ0n) is 15.2. The standard InChI is InChI=1S/C20H24N2OS/c1-8-14-11-9-10-13(2)16(14)18(23-7)17(21-6)19-22-15(12-24-19)20(3,4)5/h9-12H,8H2,1-5,7H3/b18-17+. The molecule has 1 aromatic heterocycles. The van der Waals surface area contributed by atoms with Gasteiger partial charge in [-0.2, -0.15) is 0 Å². The van der Waals surface area contributed by atoms with E-state index < -0.39 is 0 Å². The first-order valence-electron chi connectivity index (χ1n) is 8.04. The SMILES string of the molecule is [C-]#[N+]/C(=C(/OC)c1c(C)cccc1CC)c1nc(C(C)(C)C)cs1. The van der Waals surface area contributed by atoms with Crippen LogP contribution in [0.15, 0.2) is 23.6 Å². The van der Waals surface area contributed by atoms with Crippen LogP contribution in [0.5, 0.6) is 0 Å². The Bertz CT molecular complexity index is 804. The first-order valence-corrected chi connectivity index (χ1v) is 8.92. The molecule has 0 bridgehead atoms. The van der Waals surface area contributed by atoms with E-state index in [2.05, 4.69) is 51.6 Å². The lowest BCUT2D eigenvalue weighted by Crippen LogP contribution is -2.11. The Balaban J connectivity index is 2.69. The van der Waals surface area contributed by atoms with E-state index in [-0.39, 0.29) is 5.41 Å². The summed E-state index contributed by atoms with van der Waals surface area (Å²) in [5.41, 5.74) is 4.76. The highest BCUT2D eigenvalue weighted by Gasteiger charge is 2.23. The summed E-state index contributed by atoms with van der Waals surface area (Å²) in [6, 6.07) is 6.19. The van der Waals surface area contributed by atoms with E-state index in [1.807, 2.05) is 11.4 Å². The number of rotatable bonds is 4. The van der Waals surface area contributed by atoms with Crippen molar-refractivity contribution in [1.82, 2.24) is 4.98 Å². The summed E-state index contributed by atoms with van der Waals surface area (Å²) in [5.74, 6) is 0.620. The van der Waals surface area contributed by atoms with Crippen LogP contribution in [0.3, 0.4) is 0 Å². The molecule has 2 rings (SSSR count). The molecule has 0 spiro atoms. The van der Waals surface area contributed by atoms with Gasteiger partial charge in [-0.3, -0.25) is 4.98 Å². The molecule has 0 saturated carbocycles. The van der Waals surface area contributed by atoms with E-state index in [0.717, 1.165) is 28.2 Å². The van der Waals surface area contributed by atoms with Gasteiger partial charge in [0.15, 0.2) is 0 Å². The molecule has 1 aromatic carbocycles. The maximum atomic E-state index is 7.70. The van der Waals surface area contributed by atoms with E-state index in [1.165, 1.54) is 16.9 Å². The molecule has 126 valence electrons. The van der Waals surface area contributed by atoms with Crippen molar-refractivity contribution in [3.8, 4) is 0 Å². The Morgan fingerprint density at radius 3 is 2.54 bits per heavy atom. The summed E-state index contributed by atoms with van der Waals surface area (Å²) < 4.78 is 5.69. The Morgan fingerprint density at radius 1 is 1.33 bits per heavy atom. The predicted octanol–water partition coefficient (Wildman–Crippen LogP) is 5.70. The van der Waals surface area contributed by atoms with Crippen LogP contribution >= 0.6 is 11.3 Å². The number of hydrogen-bond acceptors (Lipinski definition) is 3. The predicted molar refractivity (Wildman–Crippen MR) is 102 cm³/mol. The Labute approximate surface area is 148 Å². The smallest absolute Gasteiger partial charge is 0.263 e. The van der Waals surface area contributed by atoms with Gasteiger partial charge in [-0.25, -0.2) is 4.85 Å².